The lowest BCUT2D eigenvalue weighted by atomic mass is 10.0. The second kappa shape index (κ2) is 10.2. The summed E-state index contributed by atoms with van der Waals surface area (Å²) in [6, 6.07) is 44.8. The van der Waals surface area contributed by atoms with Crippen molar-refractivity contribution in [2.24, 2.45) is 0 Å². The van der Waals surface area contributed by atoms with Crippen LogP contribution in [-0.4, -0.2) is 14.5 Å². The van der Waals surface area contributed by atoms with E-state index < -0.39 is 0 Å². The van der Waals surface area contributed by atoms with Crippen LogP contribution in [0.2, 0.25) is 0 Å². The number of benzene rings is 6. The lowest BCUT2D eigenvalue weighted by molar-refractivity contribution is 0.624. The van der Waals surface area contributed by atoms with Gasteiger partial charge in [-0.2, -0.15) is 0 Å². The first-order valence-corrected chi connectivity index (χ1v) is 16.8. The molecule has 4 nitrogen and oxygen atoms in total. The van der Waals surface area contributed by atoms with E-state index >= 15 is 0 Å². The van der Waals surface area contributed by atoms with Gasteiger partial charge in [-0.3, -0.25) is 4.57 Å². The molecule has 0 radical (unpaired) electrons. The minimum absolute atomic E-state index is 0.587. The number of aryl methyl sites for hydroxylation is 1. The van der Waals surface area contributed by atoms with Crippen LogP contribution in [-0.2, 0) is 0 Å². The number of para-hydroxylation sites is 3. The second-order valence-corrected chi connectivity index (χ2v) is 13.4. The fourth-order valence-electron chi connectivity index (χ4n) is 7.30. The Morgan fingerprint density at radius 3 is 2.21 bits per heavy atom. The molecule has 0 saturated carbocycles. The highest BCUT2D eigenvalue weighted by atomic mass is 32.1. The van der Waals surface area contributed by atoms with E-state index in [2.05, 4.69) is 121 Å². The molecule has 0 N–H and O–H groups in total. The average Bonchev–Trinajstić information content (AvgIpc) is 3.78. The molecule has 226 valence electrons. The maximum atomic E-state index is 6.61. The highest BCUT2D eigenvalue weighted by molar-refractivity contribution is 7.25. The number of thiophene rings is 1. The van der Waals surface area contributed by atoms with Gasteiger partial charge in [-0.25, -0.2) is 9.97 Å². The molecule has 6 aromatic carbocycles. The summed E-state index contributed by atoms with van der Waals surface area (Å²) in [6.07, 6.45) is 1.92. The molecular formula is C43H27N3OS. The zero-order chi connectivity index (χ0) is 31.9. The van der Waals surface area contributed by atoms with Gasteiger partial charge in [-0.05, 0) is 60.2 Å². The molecule has 5 heteroatoms. The number of furan rings is 1. The summed E-state index contributed by atoms with van der Waals surface area (Å²) in [7, 11) is 0. The Bertz CT molecular complexity index is 2940. The molecule has 0 amide bonds. The van der Waals surface area contributed by atoms with Crippen molar-refractivity contribution in [2.45, 2.75) is 6.92 Å². The minimum atomic E-state index is 0.587. The lowest BCUT2D eigenvalue weighted by Gasteiger charge is -2.13. The van der Waals surface area contributed by atoms with Crippen molar-refractivity contribution in [1.29, 1.82) is 0 Å². The van der Waals surface area contributed by atoms with Crippen LogP contribution in [0.5, 0.6) is 0 Å². The molecular weight excluding hydrogens is 607 g/mol. The molecule has 0 saturated heterocycles. The summed E-state index contributed by atoms with van der Waals surface area (Å²) < 4.78 is 11.3. The Morgan fingerprint density at radius 2 is 1.38 bits per heavy atom. The van der Waals surface area contributed by atoms with Crippen molar-refractivity contribution in [1.82, 2.24) is 14.5 Å². The van der Waals surface area contributed by atoms with E-state index in [0.717, 1.165) is 66.6 Å². The van der Waals surface area contributed by atoms with E-state index in [9.17, 15) is 0 Å². The molecule has 0 unspecified atom stereocenters. The fraction of sp³-hybridized carbons (Fsp3) is 0.0233. The summed E-state index contributed by atoms with van der Waals surface area (Å²) >= 11 is 1.84. The molecule has 0 bridgehead atoms. The van der Waals surface area contributed by atoms with E-state index in [-0.39, 0.29) is 0 Å². The molecule has 4 heterocycles. The van der Waals surface area contributed by atoms with Crippen LogP contribution < -0.4 is 0 Å². The maximum absolute atomic E-state index is 6.61. The first kappa shape index (κ1) is 27.1. The smallest absolute Gasteiger partial charge is 0.235 e. The Labute approximate surface area is 279 Å². The minimum Gasteiger partial charge on any atom is -0.454 e. The van der Waals surface area contributed by atoms with Crippen LogP contribution in [0.3, 0.4) is 0 Å². The lowest BCUT2D eigenvalue weighted by Crippen LogP contribution is -2.05. The highest BCUT2D eigenvalue weighted by Gasteiger charge is 2.25. The third-order valence-electron chi connectivity index (χ3n) is 9.58. The number of fused-ring (bicyclic) bond motifs is 7. The monoisotopic (exact) mass is 633 g/mol. The first-order chi connectivity index (χ1) is 23.7. The van der Waals surface area contributed by atoms with Crippen LogP contribution in [0.15, 0.2) is 138 Å². The number of hydrogen-bond acceptors (Lipinski definition) is 4. The third-order valence-corrected chi connectivity index (χ3v) is 10.7. The summed E-state index contributed by atoms with van der Waals surface area (Å²) in [5, 5.41) is 8.17. The molecule has 0 aliphatic rings. The van der Waals surface area contributed by atoms with Gasteiger partial charge >= 0.3 is 0 Å². The van der Waals surface area contributed by atoms with Gasteiger partial charge in [0.15, 0.2) is 5.76 Å². The summed E-state index contributed by atoms with van der Waals surface area (Å²) in [4.78, 5) is 10.6. The van der Waals surface area contributed by atoms with Crippen LogP contribution in [0.25, 0.3) is 98.5 Å². The van der Waals surface area contributed by atoms with Crippen LogP contribution in [0, 0.1) is 6.92 Å². The van der Waals surface area contributed by atoms with Gasteiger partial charge in [-0.1, -0.05) is 97.6 Å². The summed E-state index contributed by atoms with van der Waals surface area (Å²) in [5.74, 6) is 1.38. The van der Waals surface area contributed by atoms with Crippen molar-refractivity contribution in [3.05, 3.63) is 145 Å². The van der Waals surface area contributed by atoms with Crippen molar-refractivity contribution >= 4 is 81.1 Å². The van der Waals surface area contributed by atoms with Gasteiger partial charge in [0, 0.05) is 53.0 Å². The number of nitrogens with zero attached hydrogens (tertiary/aromatic N) is 3. The molecule has 0 spiro atoms. The quantitative estimate of drug-likeness (QED) is 0.194. The molecule has 0 fully saturated rings. The SMILES string of the molecule is C=Cc1c(-c2oc3ccccc3c2C)n(-c2nc(-c3ccc4sc5cc6ccccc6cc5c4c3)c3ccccc3n2)c2ccccc12. The van der Waals surface area contributed by atoms with E-state index in [1.165, 1.54) is 30.9 Å². The largest absolute Gasteiger partial charge is 0.454 e. The fourth-order valence-corrected chi connectivity index (χ4v) is 8.41. The molecule has 0 aliphatic heterocycles. The van der Waals surface area contributed by atoms with E-state index in [0.29, 0.717) is 5.95 Å². The molecule has 0 aliphatic carbocycles. The van der Waals surface area contributed by atoms with Gasteiger partial charge in [0.25, 0.3) is 0 Å². The van der Waals surface area contributed by atoms with E-state index in [1.807, 2.05) is 41.7 Å². The maximum Gasteiger partial charge on any atom is 0.235 e. The molecule has 10 rings (SSSR count). The van der Waals surface area contributed by atoms with E-state index in [1.54, 1.807) is 0 Å². The molecule has 48 heavy (non-hydrogen) atoms. The standard InChI is InChI=1S/C43H27N3OS/c1-3-29-31-15-7-10-18-36(31)46(41(29)42-25(2)30-14-8-11-19-37(30)47-42)43-44-35-17-9-6-16-32(35)40(45-43)28-20-21-38-33(23-28)34-22-26-12-4-5-13-27(26)24-39(34)48-38/h3-24H,1H2,2H3. The number of hydrogen-bond donors (Lipinski definition) is 0. The van der Waals surface area contributed by atoms with E-state index in [4.69, 9.17) is 14.4 Å². The van der Waals surface area contributed by atoms with Crippen LogP contribution >= 0.6 is 11.3 Å². The predicted molar refractivity (Wildman–Crippen MR) is 202 cm³/mol. The van der Waals surface area contributed by atoms with Gasteiger partial charge in [0.05, 0.1) is 22.4 Å². The molecule has 0 atom stereocenters. The summed E-state index contributed by atoms with van der Waals surface area (Å²) in [5.41, 5.74) is 7.62. The van der Waals surface area contributed by atoms with Crippen LogP contribution in [0.1, 0.15) is 11.1 Å². The van der Waals surface area contributed by atoms with Crippen molar-refractivity contribution in [3.8, 4) is 28.7 Å². The Morgan fingerprint density at radius 1 is 0.667 bits per heavy atom. The Hall–Kier alpha value is -6.04. The summed E-state index contributed by atoms with van der Waals surface area (Å²) in [6.45, 7) is 6.36. The number of rotatable bonds is 4. The zero-order valence-electron chi connectivity index (χ0n) is 26.1. The number of aromatic nitrogens is 3. The molecule has 10 aromatic rings. The topological polar surface area (TPSA) is 43.9 Å². The van der Waals surface area contributed by atoms with Gasteiger partial charge in [0.1, 0.15) is 5.58 Å². The first-order valence-electron chi connectivity index (χ1n) is 16.0. The van der Waals surface area contributed by atoms with Crippen molar-refractivity contribution < 1.29 is 4.42 Å². The normalized spacial score (nSPS) is 11.9. The second-order valence-electron chi connectivity index (χ2n) is 12.3. The highest BCUT2D eigenvalue weighted by Crippen LogP contribution is 2.43. The Kier molecular flexibility index (Phi) is 5.78. The van der Waals surface area contributed by atoms with Gasteiger partial charge in [0.2, 0.25) is 5.95 Å². The average molecular weight is 634 g/mol. The van der Waals surface area contributed by atoms with Crippen molar-refractivity contribution in [2.75, 3.05) is 0 Å². The van der Waals surface area contributed by atoms with Crippen molar-refractivity contribution in [3.63, 3.8) is 0 Å². The van der Waals surface area contributed by atoms with Gasteiger partial charge < -0.3 is 4.42 Å². The Balaban J connectivity index is 1.27. The van der Waals surface area contributed by atoms with Gasteiger partial charge in [-0.15, -0.1) is 11.3 Å². The predicted octanol–water partition coefficient (Wildman–Crippen LogP) is 12.1. The third kappa shape index (κ3) is 3.88. The molecule has 4 aromatic heterocycles. The zero-order valence-corrected chi connectivity index (χ0v) is 26.9. The van der Waals surface area contributed by atoms with Crippen LogP contribution in [0.4, 0.5) is 0 Å².